The first kappa shape index (κ1) is 18.8. The smallest absolute Gasteiger partial charge is 0.169 e. The van der Waals surface area contributed by atoms with E-state index >= 15 is 0 Å². The highest BCUT2D eigenvalue weighted by atomic mass is 32.2. The maximum Gasteiger partial charge on any atom is 0.169 e. The predicted molar refractivity (Wildman–Crippen MR) is 83.1 cm³/mol. The molecule has 0 spiro atoms. The summed E-state index contributed by atoms with van der Waals surface area (Å²) in [4.78, 5) is 10.5. The number of aromatic hydroxyl groups is 1. The van der Waals surface area contributed by atoms with E-state index in [-0.39, 0.29) is 16.4 Å². The molecular formula is C16H19NO5S. The number of carbonyl (C=O) groups excluding carboxylic acids is 1. The van der Waals surface area contributed by atoms with Crippen molar-refractivity contribution in [3.05, 3.63) is 53.9 Å². The summed E-state index contributed by atoms with van der Waals surface area (Å²) in [6.07, 6.45) is 3.83. The van der Waals surface area contributed by atoms with E-state index in [4.69, 9.17) is 5.11 Å². The number of nitrogens with zero attached hydrogens (tertiary/aromatic N) is 1. The fourth-order valence-electron chi connectivity index (χ4n) is 1.76. The number of hydrogen-bond acceptors (Lipinski definition) is 5. The molecule has 0 aliphatic carbocycles. The van der Waals surface area contributed by atoms with E-state index in [0.717, 1.165) is 18.2 Å². The van der Waals surface area contributed by atoms with Crippen LogP contribution in [0.2, 0.25) is 0 Å². The summed E-state index contributed by atoms with van der Waals surface area (Å²) in [6, 6.07) is 7.32. The Balaban J connectivity index is 0.000000231. The minimum atomic E-state index is -4.47. The van der Waals surface area contributed by atoms with Gasteiger partial charge in [0.1, 0.15) is 22.4 Å². The maximum atomic E-state index is 10.8. The van der Waals surface area contributed by atoms with Crippen LogP contribution in [-0.2, 0) is 16.7 Å². The second-order valence-corrected chi connectivity index (χ2v) is 6.23. The summed E-state index contributed by atoms with van der Waals surface area (Å²) in [5.74, 6) is -0.108. The van der Waals surface area contributed by atoms with Gasteiger partial charge in [0.15, 0.2) is 18.2 Å². The van der Waals surface area contributed by atoms with Crippen LogP contribution in [-0.4, -0.2) is 23.9 Å². The molecular weight excluding hydrogens is 318 g/mol. The third-order valence-corrected chi connectivity index (χ3v) is 4.08. The number of aryl methyl sites for hydroxylation is 2. The quantitative estimate of drug-likeness (QED) is 0.523. The molecule has 1 N–H and O–H groups in total. The Kier molecular flexibility index (Phi) is 6.41. The first-order valence-electron chi connectivity index (χ1n) is 6.90. The second kappa shape index (κ2) is 7.85. The monoisotopic (exact) mass is 337 g/mol. The Bertz CT molecular complexity index is 783. The van der Waals surface area contributed by atoms with E-state index in [1.54, 1.807) is 6.92 Å². The number of rotatable bonds is 3. The van der Waals surface area contributed by atoms with Gasteiger partial charge in [0.05, 0.1) is 4.90 Å². The van der Waals surface area contributed by atoms with Crippen LogP contribution in [0.25, 0.3) is 0 Å². The van der Waals surface area contributed by atoms with Gasteiger partial charge < -0.3 is 9.66 Å². The third-order valence-electron chi connectivity index (χ3n) is 3.10. The van der Waals surface area contributed by atoms with E-state index in [1.807, 2.05) is 29.1 Å². The molecule has 23 heavy (non-hydrogen) atoms. The second-order valence-electron chi connectivity index (χ2n) is 4.88. The summed E-state index contributed by atoms with van der Waals surface area (Å²) in [6.45, 7) is 6.07. The van der Waals surface area contributed by atoms with Crippen molar-refractivity contribution >= 4 is 15.9 Å². The first-order chi connectivity index (χ1) is 10.6. The van der Waals surface area contributed by atoms with Gasteiger partial charge in [0.25, 0.3) is 0 Å². The number of hydrogen-bond donors (Lipinski definition) is 1. The van der Waals surface area contributed by atoms with Crippen molar-refractivity contribution in [1.29, 1.82) is 0 Å². The van der Waals surface area contributed by atoms with Crippen LogP contribution in [0.15, 0.2) is 47.6 Å². The van der Waals surface area contributed by atoms with Crippen LogP contribution in [0, 0.1) is 6.92 Å². The number of phenols is 1. The van der Waals surface area contributed by atoms with Gasteiger partial charge in [-0.1, -0.05) is 6.07 Å². The van der Waals surface area contributed by atoms with Gasteiger partial charge in [-0.05, 0) is 38.5 Å². The van der Waals surface area contributed by atoms with Gasteiger partial charge in [-0.15, -0.1) is 0 Å². The Morgan fingerprint density at radius 3 is 2.17 bits per heavy atom. The first-order valence-corrected chi connectivity index (χ1v) is 8.31. The van der Waals surface area contributed by atoms with E-state index < -0.39 is 10.1 Å². The lowest BCUT2D eigenvalue weighted by Gasteiger charge is -2.09. The summed E-state index contributed by atoms with van der Waals surface area (Å²) >= 11 is 0. The fourth-order valence-corrected chi connectivity index (χ4v) is 2.49. The largest absolute Gasteiger partial charge is 0.744 e. The zero-order chi connectivity index (χ0) is 17.6. The Morgan fingerprint density at radius 2 is 1.78 bits per heavy atom. The van der Waals surface area contributed by atoms with Crippen LogP contribution in [0.5, 0.6) is 5.75 Å². The summed E-state index contributed by atoms with van der Waals surface area (Å²) in [5.41, 5.74) is 1.11. The summed E-state index contributed by atoms with van der Waals surface area (Å²) < 4.78 is 33.6. The van der Waals surface area contributed by atoms with Crippen molar-refractivity contribution in [2.75, 3.05) is 0 Å². The van der Waals surface area contributed by atoms with Crippen molar-refractivity contribution < 1.29 is 27.4 Å². The van der Waals surface area contributed by atoms with E-state index in [0.29, 0.717) is 5.56 Å². The number of aromatic nitrogens is 1. The highest BCUT2D eigenvalue weighted by Crippen LogP contribution is 2.19. The molecule has 0 saturated heterocycles. The van der Waals surface area contributed by atoms with Gasteiger partial charge in [0.2, 0.25) is 0 Å². The molecule has 6 nitrogen and oxygen atoms in total. The Labute approximate surface area is 135 Å². The Hall–Kier alpha value is -2.25. The molecule has 0 amide bonds. The van der Waals surface area contributed by atoms with Crippen molar-refractivity contribution in [3.63, 3.8) is 0 Å². The lowest BCUT2D eigenvalue weighted by Crippen LogP contribution is -2.30. The molecule has 2 rings (SSSR count). The Morgan fingerprint density at radius 1 is 1.22 bits per heavy atom. The molecule has 0 aliphatic rings. The molecule has 7 heteroatoms. The van der Waals surface area contributed by atoms with E-state index in [1.165, 1.54) is 19.1 Å². The minimum Gasteiger partial charge on any atom is -0.744 e. The molecule has 0 aliphatic heterocycles. The molecule has 0 saturated carbocycles. The SMILES string of the molecule is CC[n+]1ccc(C(C)=O)cc1.Cc1ccc(O)cc1S(=O)(=O)[O-]. The van der Waals surface area contributed by atoms with Crippen molar-refractivity contribution in [1.82, 2.24) is 0 Å². The van der Waals surface area contributed by atoms with Crippen LogP contribution in [0.3, 0.4) is 0 Å². The van der Waals surface area contributed by atoms with E-state index in [2.05, 4.69) is 6.92 Å². The van der Waals surface area contributed by atoms with Crippen LogP contribution < -0.4 is 4.57 Å². The zero-order valence-electron chi connectivity index (χ0n) is 13.2. The topological polar surface area (TPSA) is 98.4 Å². The third kappa shape index (κ3) is 5.80. The lowest BCUT2D eigenvalue weighted by molar-refractivity contribution is -0.693. The number of ketones is 1. The van der Waals surface area contributed by atoms with Crippen molar-refractivity contribution in [3.8, 4) is 5.75 Å². The highest BCUT2D eigenvalue weighted by Gasteiger charge is 2.05. The molecule has 1 aromatic carbocycles. The predicted octanol–water partition coefficient (Wildman–Crippen LogP) is 1.80. The standard InChI is InChI=1S/C9H12NO.C7H8O4S/c1-3-10-6-4-9(5-7-10)8(2)11;1-5-2-3-6(8)4-7(5)12(9,10)11/h4-7H,3H2,1-2H3;2-4,8H,1H3,(H,9,10,11)/q+1;/p-1. The molecule has 0 unspecified atom stereocenters. The van der Waals surface area contributed by atoms with Crippen LogP contribution in [0.4, 0.5) is 0 Å². The van der Waals surface area contributed by atoms with Crippen molar-refractivity contribution in [2.24, 2.45) is 0 Å². The molecule has 0 atom stereocenters. The van der Waals surface area contributed by atoms with Gasteiger partial charge in [-0.2, -0.15) is 0 Å². The number of benzene rings is 1. The molecule has 0 radical (unpaired) electrons. The van der Waals surface area contributed by atoms with Gasteiger partial charge in [-0.3, -0.25) is 4.79 Å². The van der Waals surface area contributed by atoms with E-state index in [9.17, 15) is 17.8 Å². The van der Waals surface area contributed by atoms with Gasteiger partial charge >= 0.3 is 0 Å². The lowest BCUT2D eigenvalue weighted by atomic mass is 10.2. The summed E-state index contributed by atoms with van der Waals surface area (Å²) in [5, 5.41) is 8.90. The average Bonchev–Trinajstić information content (AvgIpc) is 2.49. The summed E-state index contributed by atoms with van der Waals surface area (Å²) in [7, 11) is -4.47. The van der Waals surface area contributed by atoms with Gasteiger partial charge in [-0.25, -0.2) is 13.0 Å². The van der Waals surface area contributed by atoms with Crippen LogP contribution in [0.1, 0.15) is 29.8 Å². The molecule has 1 heterocycles. The minimum absolute atomic E-state index is 0.119. The molecule has 0 bridgehead atoms. The zero-order valence-corrected chi connectivity index (χ0v) is 14.0. The van der Waals surface area contributed by atoms with Crippen LogP contribution >= 0.6 is 0 Å². The highest BCUT2D eigenvalue weighted by molar-refractivity contribution is 7.85. The average molecular weight is 337 g/mol. The number of carbonyl (C=O) groups is 1. The number of phenolic OH excluding ortho intramolecular Hbond substituents is 1. The molecule has 0 fully saturated rings. The fraction of sp³-hybridized carbons (Fsp3) is 0.250. The normalized spacial score (nSPS) is 10.6. The van der Waals surface area contributed by atoms with Gasteiger partial charge in [0, 0.05) is 17.7 Å². The molecule has 124 valence electrons. The van der Waals surface area contributed by atoms with Crippen molar-refractivity contribution in [2.45, 2.75) is 32.2 Å². The molecule has 2 aromatic rings. The number of Topliss-reactive ketones (excluding diaryl/α,β-unsaturated/α-hetero) is 1. The number of pyridine rings is 1. The molecule has 1 aromatic heterocycles. The maximum absolute atomic E-state index is 10.8.